The van der Waals surface area contributed by atoms with Gasteiger partial charge in [0, 0.05) is 37.9 Å². The molecule has 33 heavy (non-hydrogen) atoms. The zero-order valence-corrected chi connectivity index (χ0v) is 18.5. The summed E-state index contributed by atoms with van der Waals surface area (Å²) in [5, 5.41) is 3.80. The lowest BCUT2D eigenvalue weighted by Crippen LogP contribution is -2.50. The van der Waals surface area contributed by atoms with Gasteiger partial charge in [0.25, 0.3) is 5.91 Å². The van der Waals surface area contributed by atoms with E-state index in [1.807, 2.05) is 25.1 Å². The molecule has 1 amide bonds. The fourth-order valence-corrected chi connectivity index (χ4v) is 3.73. The topological polar surface area (TPSA) is 63.5 Å². The Bertz CT molecular complexity index is 1140. The highest BCUT2D eigenvalue weighted by Gasteiger charge is 2.36. The van der Waals surface area contributed by atoms with Gasteiger partial charge in [-0.3, -0.25) is 4.79 Å². The highest BCUT2D eigenvalue weighted by Crippen LogP contribution is 2.33. The molecule has 0 radical (unpaired) electrons. The van der Waals surface area contributed by atoms with Gasteiger partial charge in [-0.05, 0) is 31.2 Å². The summed E-state index contributed by atoms with van der Waals surface area (Å²) < 4.78 is 46.2. The lowest BCUT2D eigenvalue weighted by molar-refractivity contribution is -0.141. The number of para-hydroxylation sites is 1. The molecule has 0 aliphatic carbocycles. The van der Waals surface area contributed by atoms with E-state index in [4.69, 9.17) is 16.3 Å². The number of aromatic nitrogens is 3. The molecule has 2 aromatic heterocycles. The van der Waals surface area contributed by atoms with Crippen LogP contribution < -0.4 is 9.64 Å². The molecule has 11 heteroatoms. The summed E-state index contributed by atoms with van der Waals surface area (Å²) in [5.41, 5.74) is -0.00622. The molecule has 0 N–H and O–H groups in total. The van der Waals surface area contributed by atoms with Crippen LogP contribution in [0.3, 0.4) is 0 Å². The van der Waals surface area contributed by atoms with Crippen LogP contribution in [0.2, 0.25) is 5.02 Å². The van der Waals surface area contributed by atoms with Crippen molar-refractivity contribution >= 4 is 23.3 Å². The van der Waals surface area contributed by atoms with Gasteiger partial charge in [-0.1, -0.05) is 29.8 Å². The van der Waals surface area contributed by atoms with Crippen molar-refractivity contribution in [1.82, 2.24) is 19.7 Å². The first-order chi connectivity index (χ1) is 15.7. The average Bonchev–Trinajstić information content (AvgIpc) is 3.22. The molecular formula is C22H21ClF3N5O2. The number of benzene rings is 1. The van der Waals surface area contributed by atoms with E-state index in [1.165, 1.54) is 12.1 Å². The summed E-state index contributed by atoms with van der Waals surface area (Å²) in [5.74, 6) is 0.306. The molecule has 1 aliphatic heterocycles. The number of amides is 1. The van der Waals surface area contributed by atoms with Crippen LogP contribution in [0, 0.1) is 6.92 Å². The highest BCUT2D eigenvalue weighted by atomic mass is 35.5. The third kappa shape index (κ3) is 5.22. The second-order valence-corrected chi connectivity index (χ2v) is 7.93. The van der Waals surface area contributed by atoms with E-state index >= 15 is 0 Å². The Labute approximate surface area is 193 Å². The second kappa shape index (κ2) is 9.30. The van der Waals surface area contributed by atoms with Gasteiger partial charge in [0.2, 0.25) is 5.88 Å². The van der Waals surface area contributed by atoms with Crippen molar-refractivity contribution in [1.29, 1.82) is 0 Å². The van der Waals surface area contributed by atoms with Gasteiger partial charge < -0.3 is 14.5 Å². The van der Waals surface area contributed by atoms with Crippen molar-refractivity contribution < 1.29 is 22.7 Å². The van der Waals surface area contributed by atoms with Crippen LogP contribution in [-0.2, 0) is 11.0 Å². The molecule has 3 aromatic rings. The van der Waals surface area contributed by atoms with E-state index in [0.29, 0.717) is 26.2 Å². The van der Waals surface area contributed by atoms with Gasteiger partial charge in [0.1, 0.15) is 5.82 Å². The average molecular weight is 480 g/mol. The summed E-state index contributed by atoms with van der Waals surface area (Å²) in [4.78, 5) is 20.9. The summed E-state index contributed by atoms with van der Waals surface area (Å²) in [6.45, 7) is 3.59. The van der Waals surface area contributed by atoms with Crippen molar-refractivity contribution in [2.45, 2.75) is 13.1 Å². The van der Waals surface area contributed by atoms with Crippen LogP contribution in [-0.4, -0.2) is 58.4 Å². The normalized spacial score (nSPS) is 14.5. The quantitative estimate of drug-likeness (QED) is 0.554. The maximum absolute atomic E-state index is 13.2. The summed E-state index contributed by atoms with van der Waals surface area (Å²) in [7, 11) is 0. The van der Waals surface area contributed by atoms with E-state index in [1.54, 1.807) is 17.0 Å². The molecule has 7 nitrogen and oxygen atoms in total. The Morgan fingerprint density at radius 1 is 1.09 bits per heavy atom. The predicted molar refractivity (Wildman–Crippen MR) is 117 cm³/mol. The predicted octanol–water partition coefficient (Wildman–Crippen LogP) is 3.98. The van der Waals surface area contributed by atoms with Crippen LogP contribution in [0.4, 0.5) is 19.0 Å². The minimum atomic E-state index is -4.67. The number of carbonyl (C=O) groups excluding carboxylic acids is 1. The molecule has 4 rings (SSSR count). The van der Waals surface area contributed by atoms with E-state index in [2.05, 4.69) is 15.0 Å². The van der Waals surface area contributed by atoms with Gasteiger partial charge in [-0.25, -0.2) is 4.98 Å². The van der Waals surface area contributed by atoms with Gasteiger partial charge in [0.05, 0.1) is 10.7 Å². The molecule has 174 valence electrons. The van der Waals surface area contributed by atoms with Crippen LogP contribution in [0.15, 0.2) is 48.5 Å². The number of carbonyl (C=O) groups is 1. The smallest absolute Gasteiger partial charge is 0.435 e. The Morgan fingerprint density at radius 3 is 2.48 bits per heavy atom. The fraction of sp³-hybridized carbons (Fsp3) is 0.318. The minimum absolute atomic E-state index is 0.200. The number of piperazine rings is 1. The number of anilines is 1. The number of hydrogen-bond donors (Lipinski definition) is 0. The zero-order chi connectivity index (χ0) is 23.6. The van der Waals surface area contributed by atoms with Crippen molar-refractivity contribution in [2.75, 3.05) is 37.7 Å². The molecule has 1 saturated heterocycles. The summed E-state index contributed by atoms with van der Waals surface area (Å²) in [6.07, 6.45) is -4.67. The molecule has 1 fully saturated rings. The van der Waals surface area contributed by atoms with Crippen LogP contribution in [0.25, 0.3) is 5.69 Å². The standard InChI is InChI=1S/C22H21ClF3N5O2/c1-15-5-4-8-19(27-15)29-9-11-30(12-10-29)20(32)14-33-21-13-18(22(24,25)26)28-31(21)17-7-3-2-6-16(17)23/h2-8,13H,9-12,14H2,1H3. The Morgan fingerprint density at radius 2 is 1.82 bits per heavy atom. The Balaban J connectivity index is 1.43. The van der Waals surface area contributed by atoms with Gasteiger partial charge >= 0.3 is 6.18 Å². The number of nitrogens with zero attached hydrogens (tertiary/aromatic N) is 5. The molecule has 1 aliphatic rings. The molecule has 0 saturated carbocycles. The number of hydrogen-bond acceptors (Lipinski definition) is 5. The van der Waals surface area contributed by atoms with Gasteiger partial charge in [-0.15, -0.1) is 0 Å². The van der Waals surface area contributed by atoms with Crippen molar-refractivity contribution in [3.63, 3.8) is 0 Å². The minimum Gasteiger partial charge on any atom is -0.467 e. The van der Waals surface area contributed by atoms with Crippen molar-refractivity contribution in [2.24, 2.45) is 0 Å². The SMILES string of the molecule is Cc1cccc(N2CCN(C(=O)COc3cc(C(F)(F)F)nn3-c3ccccc3Cl)CC2)n1. The molecular weight excluding hydrogens is 459 g/mol. The maximum Gasteiger partial charge on any atom is 0.435 e. The van der Waals surface area contributed by atoms with Crippen molar-refractivity contribution in [3.05, 3.63) is 64.9 Å². The largest absolute Gasteiger partial charge is 0.467 e. The highest BCUT2D eigenvalue weighted by molar-refractivity contribution is 6.32. The number of ether oxygens (including phenoxy) is 1. The van der Waals surface area contributed by atoms with Gasteiger partial charge in [0.15, 0.2) is 12.3 Å². The molecule has 1 aromatic carbocycles. The second-order valence-electron chi connectivity index (χ2n) is 7.52. The first kappa shape index (κ1) is 22.9. The third-order valence-corrected chi connectivity index (χ3v) is 5.54. The van der Waals surface area contributed by atoms with Crippen LogP contribution >= 0.6 is 11.6 Å². The van der Waals surface area contributed by atoms with Crippen molar-refractivity contribution in [3.8, 4) is 11.6 Å². The lowest BCUT2D eigenvalue weighted by atomic mass is 10.3. The van der Waals surface area contributed by atoms with E-state index < -0.39 is 18.5 Å². The Kier molecular flexibility index (Phi) is 6.46. The number of halogens is 4. The summed E-state index contributed by atoms with van der Waals surface area (Å²) >= 11 is 6.13. The number of pyridine rings is 1. The van der Waals surface area contributed by atoms with Crippen LogP contribution in [0.5, 0.6) is 5.88 Å². The molecule has 0 atom stereocenters. The number of rotatable bonds is 5. The summed E-state index contributed by atoms with van der Waals surface area (Å²) in [6, 6.07) is 12.8. The van der Waals surface area contributed by atoms with E-state index in [0.717, 1.165) is 22.3 Å². The first-order valence-corrected chi connectivity index (χ1v) is 10.6. The van der Waals surface area contributed by atoms with Gasteiger partial charge in [-0.2, -0.15) is 23.0 Å². The number of alkyl halides is 3. The zero-order valence-electron chi connectivity index (χ0n) is 17.7. The maximum atomic E-state index is 13.2. The molecule has 3 heterocycles. The molecule has 0 bridgehead atoms. The lowest BCUT2D eigenvalue weighted by Gasteiger charge is -2.35. The van der Waals surface area contributed by atoms with E-state index in [9.17, 15) is 18.0 Å². The van der Waals surface area contributed by atoms with E-state index in [-0.39, 0.29) is 22.5 Å². The first-order valence-electron chi connectivity index (χ1n) is 10.2. The third-order valence-electron chi connectivity index (χ3n) is 5.22. The van der Waals surface area contributed by atoms with Crippen LogP contribution in [0.1, 0.15) is 11.4 Å². The fourth-order valence-electron chi connectivity index (χ4n) is 3.52. The number of aryl methyl sites for hydroxylation is 1. The Hall–Kier alpha value is -3.27. The molecule has 0 unspecified atom stereocenters. The molecule has 0 spiro atoms. The monoisotopic (exact) mass is 479 g/mol.